The van der Waals surface area contributed by atoms with E-state index in [4.69, 9.17) is 5.11 Å². The molecule has 1 aliphatic heterocycles. The highest BCUT2D eigenvalue weighted by molar-refractivity contribution is 5.86. The lowest BCUT2D eigenvalue weighted by molar-refractivity contribution is -0.131. The molecule has 0 bridgehead atoms. The molecule has 1 aliphatic rings. The van der Waals surface area contributed by atoms with E-state index in [9.17, 15) is 9.59 Å². The minimum Gasteiger partial charge on any atom is -0.478 e. The molecule has 0 aliphatic carbocycles. The fraction of sp³-hybridized carbons (Fsp3) is 0.421. The van der Waals surface area contributed by atoms with Crippen LogP contribution in [-0.2, 0) is 11.2 Å². The van der Waals surface area contributed by atoms with Gasteiger partial charge in [0.05, 0.1) is 24.2 Å². The number of nitrogens with zero attached hydrogens (tertiary/aromatic N) is 3. The van der Waals surface area contributed by atoms with Crippen LogP contribution in [0.1, 0.15) is 45.9 Å². The molecule has 0 unspecified atom stereocenters. The molecule has 6 nitrogen and oxygen atoms in total. The molecule has 2 aromatic rings. The second-order valence-electron chi connectivity index (χ2n) is 6.73. The lowest BCUT2D eigenvalue weighted by Gasteiger charge is -2.32. The molecular formula is C19H23N3O3. The maximum absolute atomic E-state index is 12.6. The van der Waals surface area contributed by atoms with Gasteiger partial charge >= 0.3 is 5.97 Å². The lowest BCUT2D eigenvalue weighted by atomic mass is 10.0. The molecule has 1 amide bonds. The molecule has 0 atom stereocenters. The first kappa shape index (κ1) is 17.2. The molecule has 1 aromatic carbocycles. The third-order valence-electron chi connectivity index (χ3n) is 4.89. The standard InChI is InChI=1S/C19H23N3O3/c1-13-3-4-14(2)15(9-13)10-18(23)21-7-5-17(6-8-21)22-12-16(11-20-22)19(24)25/h3-4,9,11-12,17H,5-8,10H2,1-2H3,(H,24,25). The molecule has 3 rings (SSSR count). The van der Waals surface area contributed by atoms with Crippen LogP contribution in [0.3, 0.4) is 0 Å². The summed E-state index contributed by atoms with van der Waals surface area (Å²) in [4.78, 5) is 25.5. The van der Waals surface area contributed by atoms with E-state index < -0.39 is 5.97 Å². The molecule has 1 saturated heterocycles. The van der Waals surface area contributed by atoms with Gasteiger partial charge in [0.25, 0.3) is 0 Å². The van der Waals surface area contributed by atoms with Gasteiger partial charge in [-0.05, 0) is 37.8 Å². The smallest absolute Gasteiger partial charge is 0.338 e. The van der Waals surface area contributed by atoms with E-state index in [0.717, 1.165) is 24.0 Å². The van der Waals surface area contributed by atoms with Crippen molar-refractivity contribution >= 4 is 11.9 Å². The zero-order valence-corrected chi connectivity index (χ0v) is 14.6. The molecule has 132 valence electrons. The third kappa shape index (κ3) is 3.90. The molecule has 1 N–H and O–H groups in total. The Bertz CT molecular complexity index is 789. The van der Waals surface area contributed by atoms with Gasteiger partial charge in [0, 0.05) is 19.3 Å². The first-order chi connectivity index (χ1) is 11.9. The second-order valence-corrected chi connectivity index (χ2v) is 6.73. The van der Waals surface area contributed by atoms with Crippen molar-refractivity contribution in [3.05, 3.63) is 52.8 Å². The zero-order chi connectivity index (χ0) is 18.0. The monoisotopic (exact) mass is 341 g/mol. The van der Waals surface area contributed by atoms with E-state index in [1.54, 1.807) is 10.9 Å². The number of aryl methyl sites for hydroxylation is 2. The van der Waals surface area contributed by atoms with Gasteiger partial charge in [-0.1, -0.05) is 23.8 Å². The highest BCUT2D eigenvalue weighted by atomic mass is 16.4. The fourth-order valence-corrected chi connectivity index (χ4v) is 3.29. The van der Waals surface area contributed by atoms with Crippen molar-refractivity contribution in [2.75, 3.05) is 13.1 Å². The van der Waals surface area contributed by atoms with Gasteiger partial charge < -0.3 is 10.0 Å². The summed E-state index contributed by atoms with van der Waals surface area (Å²) in [6.45, 7) is 5.42. The van der Waals surface area contributed by atoms with Crippen LogP contribution >= 0.6 is 0 Å². The number of hydrogen-bond acceptors (Lipinski definition) is 3. The number of benzene rings is 1. The minimum absolute atomic E-state index is 0.151. The Morgan fingerprint density at radius 3 is 2.60 bits per heavy atom. The molecule has 1 aromatic heterocycles. The summed E-state index contributed by atoms with van der Waals surface area (Å²) in [7, 11) is 0. The minimum atomic E-state index is -0.965. The van der Waals surface area contributed by atoms with Crippen molar-refractivity contribution < 1.29 is 14.7 Å². The van der Waals surface area contributed by atoms with Crippen molar-refractivity contribution in [2.24, 2.45) is 0 Å². The summed E-state index contributed by atoms with van der Waals surface area (Å²) in [5, 5.41) is 13.1. The number of piperidine rings is 1. The Morgan fingerprint density at radius 2 is 1.96 bits per heavy atom. The molecule has 0 saturated carbocycles. The Hall–Kier alpha value is -2.63. The predicted molar refractivity (Wildman–Crippen MR) is 93.7 cm³/mol. The van der Waals surface area contributed by atoms with Gasteiger partial charge in [-0.25, -0.2) is 4.79 Å². The van der Waals surface area contributed by atoms with Crippen molar-refractivity contribution in [3.63, 3.8) is 0 Å². The van der Waals surface area contributed by atoms with Crippen molar-refractivity contribution in [1.82, 2.24) is 14.7 Å². The van der Waals surface area contributed by atoms with E-state index in [2.05, 4.69) is 23.3 Å². The van der Waals surface area contributed by atoms with Crippen molar-refractivity contribution in [3.8, 4) is 0 Å². The number of carboxylic acid groups (broad SMARTS) is 1. The summed E-state index contributed by atoms with van der Waals surface area (Å²) < 4.78 is 1.72. The number of rotatable bonds is 4. The highest BCUT2D eigenvalue weighted by Crippen LogP contribution is 2.23. The average molecular weight is 341 g/mol. The molecule has 0 spiro atoms. The van der Waals surface area contributed by atoms with E-state index >= 15 is 0 Å². The molecule has 0 radical (unpaired) electrons. The molecule has 1 fully saturated rings. The van der Waals surface area contributed by atoms with E-state index in [1.807, 2.05) is 18.7 Å². The number of carboxylic acids is 1. The molecule has 2 heterocycles. The fourth-order valence-electron chi connectivity index (χ4n) is 3.29. The Kier molecular flexibility index (Phi) is 4.88. The summed E-state index contributed by atoms with van der Waals surface area (Å²) >= 11 is 0. The van der Waals surface area contributed by atoms with Crippen LogP contribution in [0.15, 0.2) is 30.6 Å². The Labute approximate surface area is 147 Å². The van der Waals surface area contributed by atoms with Crippen LogP contribution in [0, 0.1) is 13.8 Å². The Balaban J connectivity index is 1.58. The summed E-state index contributed by atoms with van der Waals surface area (Å²) in [5.74, 6) is -0.814. The second kappa shape index (κ2) is 7.09. The molecular weight excluding hydrogens is 318 g/mol. The molecule has 25 heavy (non-hydrogen) atoms. The molecule has 6 heteroatoms. The lowest BCUT2D eigenvalue weighted by Crippen LogP contribution is -2.40. The number of carbonyl (C=O) groups excluding carboxylic acids is 1. The maximum Gasteiger partial charge on any atom is 0.338 e. The van der Waals surface area contributed by atoms with Gasteiger partial charge in [-0.3, -0.25) is 9.48 Å². The van der Waals surface area contributed by atoms with Gasteiger partial charge in [0.15, 0.2) is 0 Å². The number of aromatic nitrogens is 2. The quantitative estimate of drug-likeness (QED) is 0.927. The van der Waals surface area contributed by atoms with Crippen LogP contribution in [-0.4, -0.2) is 44.8 Å². The van der Waals surface area contributed by atoms with Crippen LogP contribution < -0.4 is 0 Å². The highest BCUT2D eigenvalue weighted by Gasteiger charge is 2.25. The largest absolute Gasteiger partial charge is 0.478 e. The zero-order valence-electron chi connectivity index (χ0n) is 14.6. The first-order valence-electron chi connectivity index (χ1n) is 8.55. The number of likely N-dealkylation sites (tertiary alicyclic amines) is 1. The predicted octanol–water partition coefficient (Wildman–Crippen LogP) is 2.60. The van der Waals surface area contributed by atoms with Crippen LogP contribution in [0.4, 0.5) is 0 Å². The summed E-state index contributed by atoms with van der Waals surface area (Å²) in [5.41, 5.74) is 3.60. The Morgan fingerprint density at radius 1 is 1.24 bits per heavy atom. The first-order valence-corrected chi connectivity index (χ1v) is 8.55. The van der Waals surface area contributed by atoms with Gasteiger partial charge in [-0.2, -0.15) is 5.10 Å². The topological polar surface area (TPSA) is 75.4 Å². The van der Waals surface area contributed by atoms with Gasteiger partial charge in [-0.15, -0.1) is 0 Å². The SMILES string of the molecule is Cc1ccc(C)c(CC(=O)N2CCC(n3cc(C(=O)O)cn3)CC2)c1. The number of aromatic carboxylic acids is 1. The van der Waals surface area contributed by atoms with E-state index in [0.29, 0.717) is 19.5 Å². The van der Waals surface area contributed by atoms with E-state index in [1.165, 1.54) is 11.8 Å². The number of carbonyl (C=O) groups is 2. The van der Waals surface area contributed by atoms with Crippen LogP contribution in [0.2, 0.25) is 0 Å². The van der Waals surface area contributed by atoms with Crippen LogP contribution in [0.25, 0.3) is 0 Å². The number of amides is 1. The normalized spacial score (nSPS) is 15.4. The van der Waals surface area contributed by atoms with Crippen molar-refractivity contribution in [1.29, 1.82) is 0 Å². The van der Waals surface area contributed by atoms with Crippen LogP contribution in [0.5, 0.6) is 0 Å². The van der Waals surface area contributed by atoms with Gasteiger partial charge in [0.1, 0.15) is 0 Å². The average Bonchev–Trinajstić information content (AvgIpc) is 3.08. The van der Waals surface area contributed by atoms with E-state index in [-0.39, 0.29) is 17.5 Å². The third-order valence-corrected chi connectivity index (χ3v) is 4.89. The number of hydrogen-bond donors (Lipinski definition) is 1. The summed E-state index contributed by atoms with van der Waals surface area (Å²) in [6.07, 6.45) is 4.96. The van der Waals surface area contributed by atoms with Crippen molar-refractivity contribution in [2.45, 2.75) is 39.2 Å². The maximum atomic E-state index is 12.6. The summed E-state index contributed by atoms with van der Waals surface area (Å²) in [6, 6.07) is 6.35. The van der Waals surface area contributed by atoms with Gasteiger partial charge in [0.2, 0.25) is 5.91 Å².